The van der Waals surface area contributed by atoms with Crippen LogP contribution < -0.4 is 5.73 Å². The van der Waals surface area contributed by atoms with Crippen LogP contribution in [0.15, 0.2) is 52.5 Å². The lowest BCUT2D eigenvalue weighted by molar-refractivity contribution is 1.01. The Kier molecular flexibility index (Phi) is 3.27. The molecule has 3 rings (SSSR count). The third-order valence-electron chi connectivity index (χ3n) is 3.01. The maximum atomic E-state index is 5.80. The van der Waals surface area contributed by atoms with E-state index in [0.717, 1.165) is 26.6 Å². The molecule has 96 valence electrons. The van der Waals surface area contributed by atoms with Crippen LogP contribution in [-0.2, 0) is 6.54 Å². The van der Waals surface area contributed by atoms with Gasteiger partial charge in [0.1, 0.15) is 0 Å². The summed E-state index contributed by atoms with van der Waals surface area (Å²) < 4.78 is 0. The number of hydrogen-bond acceptors (Lipinski definition) is 3. The number of rotatable bonds is 3. The first kappa shape index (κ1) is 12.3. The second-order valence-corrected chi connectivity index (χ2v) is 5.51. The van der Waals surface area contributed by atoms with Gasteiger partial charge >= 0.3 is 0 Å². The van der Waals surface area contributed by atoms with E-state index in [1.165, 1.54) is 5.56 Å². The van der Waals surface area contributed by atoms with E-state index in [1.54, 1.807) is 11.8 Å². The lowest BCUT2D eigenvalue weighted by Gasteiger charge is -2.06. The van der Waals surface area contributed by atoms with E-state index in [1.807, 2.05) is 24.3 Å². The quantitative estimate of drug-likeness (QED) is 0.765. The number of nitrogens with zero attached hydrogens (tertiary/aromatic N) is 1. The zero-order valence-corrected chi connectivity index (χ0v) is 11.5. The highest BCUT2D eigenvalue weighted by molar-refractivity contribution is 7.99. The minimum absolute atomic E-state index is 0.546. The van der Waals surface area contributed by atoms with Crippen LogP contribution in [0.4, 0.5) is 0 Å². The van der Waals surface area contributed by atoms with Crippen LogP contribution in [0.5, 0.6) is 0 Å². The van der Waals surface area contributed by atoms with Gasteiger partial charge in [-0.15, -0.1) is 0 Å². The Labute approximate surface area is 116 Å². The molecule has 0 aliphatic rings. The van der Waals surface area contributed by atoms with E-state index in [2.05, 4.69) is 35.1 Å². The third-order valence-corrected chi connectivity index (χ3v) is 4.02. The molecular formula is C15H15N3S. The van der Waals surface area contributed by atoms with Gasteiger partial charge in [-0.25, -0.2) is 4.98 Å². The van der Waals surface area contributed by atoms with Crippen molar-refractivity contribution in [1.82, 2.24) is 9.97 Å². The van der Waals surface area contributed by atoms with Crippen molar-refractivity contribution in [3.05, 3.63) is 53.6 Å². The molecule has 19 heavy (non-hydrogen) atoms. The maximum Gasteiger partial charge on any atom is 0.171 e. The van der Waals surface area contributed by atoms with Crippen LogP contribution in [0.1, 0.15) is 11.1 Å². The van der Waals surface area contributed by atoms with E-state index in [-0.39, 0.29) is 0 Å². The molecule has 0 saturated carbocycles. The van der Waals surface area contributed by atoms with Gasteiger partial charge < -0.3 is 10.7 Å². The number of H-pyrrole nitrogens is 1. The van der Waals surface area contributed by atoms with Gasteiger partial charge in [-0.05, 0) is 30.7 Å². The first-order valence-electron chi connectivity index (χ1n) is 6.18. The number of nitrogens with one attached hydrogen (secondary N) is 1. The fourth-order valence-electron chi connectivity index (χ4n) is 2.05. The van der Waals surface area contributed by atoms with E-state index in [9.17, 15) is 0 Å². The third kappa shape index (κ3) is 2.50. The summed E-state index contributed by atoms with van der Waals surface area (Å²) in [6, 6.07) is 14.4. The summed E-state index contributed by atoms with van der Waals surface area (Å²) in [5.41, 5.74) is 10.2. The number of imidazole rings is 1. The predicted octanol–water partition coefficient (Wildman–Crippen LogP) is 3.48. The van der Waals surface area contributed by atoms with E-state index < -0.39 is 0 Å². The Morgan fingerprint density at radius 2 is 2.05 bits per heavy atom. The molecule has 0 aliphatic heterocycles. The van der Waals surface area contributed by atoms with Crippen LogP contribution >= 0.6 is 11.8 Å². The van der Waals surface area contributed by atoms with Gasteiger partial charge in [0, 0.05) is 11.4 Å². The lowest BCUT2D eigenvalue weighted by Crippen LogP contribution is -1.98. The Bertz CT molecular complexity index is 685. The Hall–Kier alpha value is -1.78. The first-order valence-corrected chi connectivity index (χ1v) is 7.00. The molecule has 3 aromatic rings. The van der Waals surface area contributed by atoms with Gasteiger partial charge in [0.25, 0.3) is 0 Å². The molecule has 0 radical (unpaired) electrons. The molecular weight excluding hydrogens is 254 g/mol. The molecule has 0 aliphatic carbocycles. The zero-order valence-electron chi connectivity index (χ0n) is 10.7. The molecule has 1 aromatic heterocycles. The monoisotopic (exact) mass is 269 g/mol. The van der Waals surface area contributed by atoms with Crippen molar-refractivity contribution < 1.29 is 0 Å². The number of benzene rings is 2. The van der Waals surface area contributed by atoms with Crippen molar-refractivity contribution in [1.29, 1.82) is 0 Å². The number of para-hydroxylation sites is 2. The highest BCUT2D eigenvalue weighted by atomic mass is 32.2. The largest absolute Gasteiger partial charge is 0.333 e. The maximum absolute atomic E-state index is 5.80. The number of aryl methyl sites for hydroxylation is 1. The van der Waals surface area contributed by atoms with Gasteiger partial charge in [0.15, 0.2) is 5.16 Å². The number of aromatic amines is 1. The van der Waals surface area contributed by atoms with E-state index in [0.29, 0.717) is 6.54 Å². The second kappa shape index (κ2) is 5.07. The van der Waals surface area contributed by atoms with Gasteiger partial charge in [0.2, 0.25) is 0 Å². The number of fused-ring (bicyclic) bond motifs is 1. The molecule has 0 atom stereocenters. The van der Waals surface area contributed by atoms with E-state index in [4.69, 9.17) is 5.73 Å². The molecule has 3 nitrogen and oxygen atoms in total. The Morgan fingerprint density at radius 1 is 1.21 bits per heavy atom. The molecule has 3 N–H and O–H groups in total. The molecule has 1 heterocycles. The molecule has 0 spiro atoms. The number of hydrogen-bond donors (Lipinski definition) is 2. The molecule has 2 aromatic carbocycles. The summed E-state index contributed by atoms with van der Waals surface area (Å²) in [5, 5.41) is 0.903. The summed E-state index contributed by atoms with van der Waals surface area (Å²) in [5.74, 6) is 0. The van der Waals surface area contributed by atoms with Crippen LogP contribution in [0.2, 0.25) is 0 Å². The topological polar surface area (TPSA) is 54.7 Å². The highest BCUT2D eigenvalue weighted by Gasteiger charge is 2.07. The summed E-state index contributed by atoms with van der Waals surface area (Å²) in [6.45, 7) is 2.62. The highest BCUT2D eigenvalue weighted by Crippen LogP contribution is 2.30. The average molecular weight is 269 g/mol. The van der Waals surface area contributed by atoms with Crippen LogP contribution in [0.3, 0.4) is 0 Å². The summed E-state index contributed by atoms with van der Waals surface area (Å²) in [7, 11) is 0. The summed E-state index contributed by atoms with van der Waals surface area (Å²) in [4.78, 5) is 9.05. The summed E-state index contributed by atoms with van der Waals surface area (Å²) in [6.07, 6.45) is 0. The van der Waals surface area contributed by atoms with Gasteiger partial charge in [-0.3, -0.25) is 0 Å². The molecule has 0 fully saturated rings. The van der Waals surface area contributed by atoms with Crippen molar-refractivity contribution >= 4 is 22.8 Å². The van der Waals surface area contributed by atoms with Crippen molar-refractivity contribution in [2.45, 2.75) is 23.5 Å². The molecule has 4 heteroatoms. The fourth-order valence-corrected chi connectivity index (χ4v) is 2.97. The lowest BCUT2D eigenvalue weighted by atomic mass is 10.1. The molecule has 0 saturated heterocycles. The van der Waals surface area contributed by atoms with Crippen molar-refractivity contribution in [2.24, 2.45) is 5.73 Å². The van der Waals surface area contributed by atoms with Gasteiger partial charge in [-0.2, -0.15) is 0 Å². The predicted molar refractivity (Wildman–Crippen MR) is 79.3 cm³/mol. The second-order valence-electron chi connectivity index (χ2n) is 4.48. The fraction of sp³-hybridized carbons (Fsp3) is 0.133. The van der Waals surface area contributed by atoms with E-state index >= 15 is 0 Å². The molecule has 0 unspecified atom stereocenters. The minimum Gasteiger partial charge on any atom is -0.333 e. The first-order chi connectivity index (χ1) is 9.26. The Morgan fingerprint density at radius 3 is 2.84 bits per heavy atom. The Balaban J connectivity index is 1.96. The summed E-state index contributed by atoms with van der Waals surface area (Å²) >= 11 is 1.63. The average Bonchev–Trinajstić information content (AvgIpc) is 2.83. The number of nitrogens with two attached hydrogens (primary N) is 1. The SMILES string of the molecule is Cc1ccc(Sc2nc3ccccc3[nH]2)c(CN)c1. The van der Waals surface area contributed by atoms with Gasteiger partial charge in [0.05, 0.1) is 11.0 Å². The van der Waals surface area contributed by atoms with Crippen molar-refractivity contribution in [2.75, 3.05) is 0 Å². The normalized spacial score (nSPS) is 11.1. The standard InChI is InChI=1S/C15H15N3S/c1-10-6-7-14(11(8-10)9-16)19-15-17-12-4-2-3-5-13(12)18-15/h2-8H,9,16H2,1H3,(H,17,18). The smallest absolute Gasteiger partial charge is 0.171 e. The van der Waals surface area contributed by atoms with Crippen LogP contribution in [-0.4, -0.2) is 9.97 Å². The van der Waals surface area contributed by atoms with Crippen LogP contribution in [0.25, 0.3) is 11.0 Å². The zero-order chi connectivity index (χ0) is 13.2. The molecule has 0 amide bonds. The van der Waals surface area contributed by atoms with Gasteiger partial charge in [-0.1, -0.05) is 41.6 Å². The van der Waals surface area contributed by atoms with Crippen LogP contribution in [0, 0.1) is 6.92 Å². The molecule has 0 bridgehead atoms. The minimum atomic E-state index is 0.546. The van der Waals surface area contributed by atoms with Crippen molar-refractivity contribution in [3.63, 3.8) is 0 Å². The number of aromatic nitrogens is 2. The van der Waals surface area contributed by atoms with Crippen molar-refractivity contribution in [3.8, 4) is 0 Å².